The number of hydrogen-bond acceptors (Lipinski definition) is 3. The third-order valence-electron chi connectivity index (χ3n) is 4.96. The normalized spacial score (nSPS) is 27.5. The molecule has 3 heteroatoms. The van der Waals surface area contributed by atoms with Crippen LogP contribution in [0, 0.1) is 5.92 Å². The van der Waals surface area contributed by atoms with Gasteiger partial charge in [-0.05, 0) is 36.3 Å². The van der Waals surface area contributed by atoms with Crippen LogP contribution in [0.2, 0.25) is 0 Å². The molecular formula is C18H27NO2. The highest BCUT2D eigenvalue weighted by Gasteiger charge is 2.25. The molecule has 3 atom stereocenters. The Bertz CT molecular complexity index is 462. The van der Waals surface area contributed by atoms with Gasteiger partial charge in [0.2, 0.25) is 0 Å². The van der Waals surface area contributed by atoms with Crippen molar-refractivity contribution in [2.24, 2.45) is 5.92 Å². The van der Waals surface area contributed by atoms with Crippen molar-refractivity contribution in [1.82, 2.24) is 4.90 Å². The number of hydrogen-bond donors (Lipinski definition) is 1. The van der Waals surface area contributed by atoms with Gasteiger partial charge in [-0.2, -0.15) is 0 Å². The third-order valence-corrected chi connectivity index (χ3v) is 4.96. The molecule has 0 aromatic heterocycles. The molecule has 1 aliphatic heterocycles. The van der Waals surface area contributed by atoms with E-state index in [1.165, 1.54) is 24.0 Å². The molecule has 0 radical (unpaired) electrons. The van der Waals surface area contributed by atoms with Gasteiger partial charge in [0.05, 0.1) is 18.8 Å². The first-order valence-corrected chi connectivity index (χ1v) is 8.31. The minimum atomic E-state index is -0.372. The SMILES string of the molecule is CC1CCCC1OCC(O)CN1CCc2ccccc2C1. The zero-order chi connectivity index (χ0) is 14.7. The van der Waals surface area contributed by atoms with Crippen molar-refractivity contribution in [3.63, 3.8) is 0 Å². The highest BCUT2D eigenvalue weighted by atomic mass is 16.5. The van der Waals surface area contributed by atoms with Crippen molar-refractivity contribution in [3.05, 3.63) is 35.4 Å². The first-order valence-electron chi connectivity index (χ1n) is 8.31. The molecule has 21 heavy (non-hydrogen) atoms. The Morgan fingerprint density at radius 2 is 2.10 bits per heavy atom. The molecule has 3 unspecified atom stereocenters. The van der Waals surface area contributed by atoms with Gasteiger partial charge in [-0.3, -0.25) is 4.90 Å². The van der Waals surface area contributed by atoms with Crippen molar-refractivity contribution < 1.29 is 9.84 Å². The van der Waals surface area contributed by atoms with E-state index in [9.17, 15) is 5.11 Å². The van der Waals surface area contributed by atoms with E-state index in [1.807, 2.05) is 0 Å². The Balaban J connectivity index is 1.44. The summed E-state index contributed by atoms with van der Waals surface area (Å²) in [6.45, 7) is 5.44. The average Bonchev–Trinajstić information content (AvgIpc) is 2.90. The van der Waals surface area contributed by atoms with Crippen LogP contribution in [0.1, 0.15) is 37.3 Å². The molecule has 116 valence electrons. The van der Waals surface area contributed by atoms with Crippen molar-refractivity contribution >= 4 is 0 Å². The van der Waals surface area contributed by atoms with E-state index < -0.39 is 0 Å². The van der Waals surface area contributed by atoms with E-state index in [1.54, 1.807) is 0 Å². The highest BCUT2D eigenvalue weighted by Crippen LogP contribution is 2.27. The standard InChI is InChI=1S/C18H27NO2/c1-14-5-4-8-18(14)21-13-17(20)12-19-10-9-15-6-2-3-7-16(15)11-19/h2-3,6-7,14,17-18,20H,4-5,8-13H2,1H3. The molecule has 1 aliphatic carbocycles. The van der Waals surface area contributed by atoms with Crippen molar-refractivity contribution in [1.29, 1.82) is 0 Å². The van der Waals surface area contributed by atoms with E-state index in [-0.39, 0.29) is 6.10 Å². The van der Waals surface area contributed by atoms with Crippen LogP contribution in [0.3, 0.4) is 0 Å². The van der Waals surface area contributed by atoms with Gasteiger partial charge >= 0.3 is 0 Å². The zero-order valence-corrected chi connectivity index (χ0v) is 13.0. The van der Waals surface area contributed by atoms with E-state index in [0.29, 0.717) is 18.6 Å². The number of β-amino-alcohol motifs (C(OH)–C–C–N with tert-alkyl or cyclic N) is 1. The second kappa shape index (κ2) is 6.91. The maximum atomic E-state index is 10.2. The number of aliphatic hydroxyl groups is 1. The Morgan fingerprint density at radius 1 is 1.29 bits per heavy atom. The molecule has 0 bridgehead atoms. The molecule has 1 aromatic rings. The van der Waals surface area contributed by atoms with Gasteiger partial charge in [-0.15, -0.1) is 0 Å². The Morgan fingerprint density at radius 3 is 2.86 bits per heavy atom. The fraction of sp³-hybridized carbons (Fsp3) is 0.667. The number of rotatable bonds is 5. The second-order valence-electron chi connectivity index (χ2n) is 6.69. The predicted octanol–water partition coefficient (Wildman–Crippen LogP) is 2.61. The van der Waals surface area contributed by atoms with Crippen LogP contribution in [-0.4, -0.2) is 41.9 Å². The smallest absolute Gasteiger partial charge is 0.0900 e. The second-order valence-corrected chi connectivity index (χ2v) is 6.69. The van der Waals surface area contributed by atoms with Gasteiger partial charge in [0, 0.05) is 19.6 Å². The summed E-state index contributed by atoms with van der Waals surface area (Å²) in [5.74, 6) is 0.652. The van der Waals surface area contributed by atoms with Crippen LogP contribution in [0.5, 0.6) is 0 Å². The molecule has 0 saturated heterocycles. The molecule has 0 spiro atoms. The lowest BCUT2D eigenvalue weighted by Crippen LogP contribution is -2.39. The van der Waals surface area contributed by atoms with E-state index in [2.05, 4.69) is 36.1 Å². The van der Waals surface area contributed by atoms with E-state index in [0.717, 1.165) is 32.5 Å². The molecule has 1 aromatic carbocycles. The van der Waals surface area contributed by atoms with Crippen molar-refractivity contribution in [2.45, 2.75) is 51.4 Å². The van der Waals surface area contributed by atoms with Crippen LogP contribution in [0.15, 0.2) is 24.3 Å². The lowest BCUT2D eigenvalue weighted by Gasteiger charge is -2.30. The minimum absolute atomic E-state index is 0.363. The number of benzene rings is 1. The number of aliphatic hydroxyl groups excluding tert-OH is 1. The maximum absolute atomic E-state index is 10.2. The average molecular weight is 289 g/mol. The molecule has 3 rings (SSSR count). The van der Waals surface area contributed by atoms with E-state index >= 15 is 0 Å². The Labute approximate surface area is 127 Å². The van der Waals surface area contributed by atoms with Crippen LogP contribution >= 0.6 is 0 Å². The quantitative estimate of drug-likeness (QED) is 0.904. The molecule has 1 N–H and O–H groups in total. The lowest BCUT2D eigenvalue weighted by molar-refractivity contribution is -0.0329. The van der Waals surface area contributed by atoms with Crippen molar-refractivity contribution in [3.8, 4) is 0 Å². The third kappa shape index (κ3) is 3.85. The summed E-state index contributed by atoms with van der Waals surface area (Å²) in [6.07, 6.45) is 4.77. The zero-order valence-electron chi connectivity index (χ0n) is 13.0. The topological polar surface area (TPSA) is 32.7 Å². The summed E-state index contributed by atoms with van der Waals surface area (Å²) >= 11 is 0. The molecule has 1 heterocycles. The fourth-order valence-corrected chi connectivity index (χ4v) is 3.65. The van der Waals surface area contributed by atoms with Gasteiger partial charge in [0.25, 0.3) is 0 Å². The monoisotopic (exact) mass is 289 g/mol. The molecular weight excluding hydrogens is 262 g/mol. The Kier molecular flexibility index (Phi) is 4.94. The summed E-state index contributed by atoms with van der Waals surface area (Å²) in [7, 11) is 0. The molecule has 1 fully saturated rings. The first kappa shape index (κ1) is 15.0. The maximum Gasteiger partial charge on any atom is 0.0900 e. The van der Waals surface area contributed by atoms with Gasteiger partial charge in [-0.25, -0.2) is 0 Å². The Hall–Kier alpha value is -0.900. The molecule has 3 nitrogen and oxygen atoms in total. The van der Waals surface area contributed by atoms with Crippen LogP contribution in [-0.2, 0) is 17.7 Å². The van der Waals surface area contributed by atoms with Crippen LogP contribution < -0.4 is 0 Å². The predicted molar refractivity (Wildman–Crippen MR) is 84.2 cm³/mol. The van der Waals surface area contributed by atoms with Crippen molar-refractivity contribution in [2.75, 3.05) is 19.7 Å². The molecule has 2 aliphatic rings. The molecule has 0 amide bonds. The number of ether oxygens (including phenoxy) is 1. The van der Waals surface area contributed by atoms with Crippen LogP contribution in [0.25, 0.3) is 0 Å². The lowest BCUT2D eigenvalue weighted by atomic mass is 10.00. The summed E-state index contributed by atoms with van der Waals surface area (Å²) in [5.41, 5.74) is 2.86. The largest absolute Gasteiger partial charge is 0.389 e. The summed E-state index contributed by atoms with van der Waals surface area (Å²) in [5, 5.41) is 10.2. The summed E-state index contributed by atoms with van der Waals surface area (Å²) < 4.78 is 5.91. The van der Waals surface area contributed by atoms with E-state index in [4.69, 9.17) is 4.74 Å². The number of fused-ring (bicyclic) bond motifs is 1. The fourth-order valence-electron chi connectivity index (χ4n) is 3.65. The minimum Gasteiger partial charge on any atom is -0.389 e. The van der Waals surface area contributed by atoms with Gasteiger partial charge in [-0.1, -0.05) is 37.6 Å². The van der Waals surface area contributed by atoms with Gasteiger partial charge in [0.15, 0.2) is 0 Å². The highest BCUT2D eigenvalue weighted by molar-refractivity contribution is 5.29. The molecule has 1 saturated carbocycles. The van der Waals surface area contributed by atoms with Gasteiger partial charge in [0.1, 0.15) is 0 Å². The first-order chi connectivity index (χ1) is 10.2. The number of nitrogens with zero attached hydrogens (tertiary/aromatic N) is 1. The summed E-state index contributed by atoms with van der Waals surface area (Å²) in [6, 6.07) is 8.63. The van der Waals surface area contributed by atoms with Crippen LogP contribution in [0.4, 0.5) is 0 Å². The summed E-state index contributed by atoms with van der Waals surface area (Å²) in [4.78, 5) is 2.34. The van der Waals surface area contributed by atoms with Gasteiger partial charge < -0.3 is 9.84 Å².